The number of rotatable bonds is 43. The van der Waals surface area contributed by atoms with Gasteiger partial charge in [-0.05, 0) is 93.4 Å². The molecule has 3 aromatic rings. The SMILES string of the molecule is CC[C@H](C)[C@@H]([C@@H](CC(=O)N1CCC[C@H]1[C@H](CO)[C@@H](C)C(=O)C[C@@H](Cc1ccccc1)c1nccs1)OC)N(C)C(=O)[C@@H](CC(=O)[C@H](C(C)C)N(C)C(=O)OC(C(=O)N1CCN(C)CC1)c1ccc(NC(=O)[C@H](CCCNC(N)=O)CC(=O)[C@@H](NC(=O)CCCCCN2C(=O)C=CC2=O)C(C)C)cc1)C(C)C. The number of ketones is 3. The molecule has 106 heavy (non-hydrogen) atoms. The van der Waals surface area contributed by atoms with Gasteiger partial charge >= 0.3 is 12.1 Å². The van der Waals surface area contributed by atoms with Crippen molar-refractivity contribution in [2.45, 2.75) is 194 Å². The first-order valence-corrected chi connectivity index (χ1v) is 38.7. The molecule has 0 radical (unpaired) electrons. The monoisotopic (exact) mass is 1490 g/mol. The maximum Gasteiger partial charge on any atom is 0.411 e. The van der Waals surface area contributed by atoms with E-state index in [1.54, 1.807) is 67.8 Å². The minimum absolute atomic E-state index is 0.0114. The van der Waals surface area contributed by atoms with Crippen molar-refractivity contribution in [1.29, 1.82) is 0 Å². The smallest absolute Gasteiger partial charge is 0.411 e. The van der Waals surface area contributed by atoms with Gasteiger partial charge in [-0.15, -0.1) is 11.3 Å². The highest BCUT2D eigenvalue weighted by atomic mass is 32.1. The number of benzene rings is 2. The number of likely N-dealkylation sites (tertiary alicyclic amines) is 1. The number of amides is 10. The number of anilines is 1. The third-order valence-corrected chi connectivity index (χ3v) is 22.4. The highest BCUT2D eigenvalue weighted by Gasteiger charge is 2.45. The van der Waals surface area contributed by atoms with Crippen LogP contribution >= 0.6 is 11.3 Å². The number of aliphatic hydroxyl groups excluding tert-OH is 1. The van der Waals surface area contributed by atoms with Crippen LogP contribution < -0.4 is 21.7 Å². The minimum atomic E-state index is -1.51. The summed E-state index contributed by atoms with van der Waals surface area (Å²) in [5, 5.41) is 22.0. The molecule has 4 heterocycles. The zero-order valence-corrected chi connectivity index (χ0v) is 65.3. The van der Waals surface area contributed by atoms with Crippen LogP contribution in [0.1, 0.15) is 174 Å². The maximum absolute atomic E-state index is 15.2. The van der Waals surface area contributed by atoms with Crippen molar-refractivity contribution < 1.29 is 72.1 Å². The molecule has 0 bridgehead atoms. The number of aromatic nitrogens is 1. The fraction of sp³-hybridized carbons (Fsp3) is 0.633. The van der Waals surface area contributed by atoms with Crippen LogP contribution in [-0.4, -0.2) is 221 Å². The highest BCUT2D eigenvalue weighted by molar-refractivity contribution is 7.09. The predicted molar refractivity (Wildman–Crippen MR) is 404 cm³/mol. The van der Waals surface area contributed by atoms with Crippen LogP contribution in [0.25, 0.3) is 0 Å². The second-order valence-electron chi connectivity index (χ2n) is 30.0. The Balaban J connectivity index is 1.13. The number of aliphatic hydroxyl groups is 1. The molecule has 2 saturated heterocycles. The van der Waals surface area contributed by atoms with Crippen molar-refractivity contribution in [3.8, 4) is 0 Å². The van der Waals surface area contributed by atoms with Gasteiger partial charge < -0.3 is 60.8 Å². The molecule has 6 N–H and O–H groups in total. The van der Waals surface area contributed by atoms with E-state index >= 15 is 4.79 Å². The van der Waals surface area contributed by atoms with E-state index in [4.69, 9.17) is 15.2 Å². The Labute approximate surface area is 630 Å². The van der Waals surface area contributed by atoms with Crippen LogP contribution in [0.3, 0.4) is 0 Å². The van der Waals surface area contributed by atoms with E-state index < -0.39 is 95.7 Å². The van der Waals surface area contributed by atoms with Crippen LogP contribution in [-0.2, 0) is 63.8 Å². The number of thiazole rings is 1. The van der Waals surface area contributed by atoms with Crippen molar-refractivity contribution in [2.24, 2.45) is 53.1 Å². The molecule has 27 heteroatoms. The molecule has 3 aliphatic heterocycles. The predicted octanol–water partition coefficient (Wildman–Crippen LogP) is 8.37. The molecule has 584 valence electrons. The van der Waals surface area contributed by atoms with Crippen LogP contribution in [0.2, 0.25) is 0 Å². The van der Waals surface area contributed by atoms with Gasteiger partial charge in [0.15, 0.2) is 11.6 Å². The van der Waals surface area contributed by atoms with Gasteiger partial charge in [0.2, 0.25) is 29.7 Å². The van der Waals surface area contributed by atoms with Crippen LogP contribution in [0.15, 0.2) is 78.3 Å². The fourth-order valence-corrected chi connectivity index (χ4v) is 15.7. The maximum atomic E-state index is 15.2. The number of methoxy groups -OCH3 is 1. The summed E-state index contributed by atoms with van der Waals surface area (Å²) in [5.41, 5.74) is 6.94. The summed E-state index contributed by atoms with van der Waals surface area (Å²) in [5.74, 6) is -8.03. The van der Waals surface area contributed by atoms with Crippen molar-refractivity contribution in [3.63, 3.8) is 0 Å². The average molecular weight is 1490 g/mol. The molecule has 6 rings (SSSR count). The topological polar surface area (TPSA) is 338 Å². The number of likely N-dealkylation sites (N-methyl/N-ethyl adjacent to an activating group) is 3. The van der Waals surface area contributed by atoms with E-state index in [-0.39, 0.29) is 141 Å². The van der Waals surface area contributed by atoms with E-state index in [9.17, 15) is 57.8 Å². The summed E-state index contributed by atoms with van der Waals surface area (Å²) >= 11 is 1.51. The summed E-state index contributed by atoms with van der Waals surface area (Å²) < 4.78 is 12.4. The summed E-state index contributed by atoms with van der Waals surface area (Å²) in [4.78, 5) is 179. The Morgan fingerprint density at radius 3 is 2.02 bits per heavy atom. The first kappa shape index (κ1) is 86.6. The summed E-state index contributed by atoms with van der Waals surface area (Å²) in [6.45, 7) is 18.9. The van der Waals surface area contributed by atoms with Crippen molar-refractivity contribution >= 4 is 87.8 Å². The fourth-order valence-electron chi connectivity index (χ4n) is 14.9. The number of hydrogen-bond donors (Lipinski definition) is 5. The number of carbonyl (C=O) groups excluding carboxylic acids is 12. The Morgan fingerprint density at radius 1 is 0.764 bits per heavy atom. The molecule has 2 aromatic carbocycles. The van der Waals surface area contributed by atoms with Gasteiger partial charge in [-0.3, -0.25) is 52.8 Å². The standard InChI is InChI=1S/C79H117N11O15S/c1-14-52(8)72(65(104-13)47-69(98)89-37-22-26-61(89)60(48-91)53(9)62(92)45-57(75-81-35-42-106-75)43-54-23-17-15-18-24-54)86(11)76(100)59(49(2)3)46-64(94)71(51(6)7)87(12)79(103)105-73(77(101)88-40-38-85(10)39-41-88)55-28-30-58(31-29-55)83-74(99)56(25-21-34-82-78(80)102)44-63(93)70(50(4)5)84-66(95)27-19-16-20-36-90-67(96)32-33-68(90)97/h15,17-18,23-24,28-33,35,42,49-53,56-57,59-61,65,70-73,91H,14,16,19-22,25-27,34,36-41,43-48H2,1-13H3,(H,83,99)(H,84,95)(H3,80,82,102)/t52-,53+,56+,57+,59-,60+,61-,65+,70-,71-,72-,73?/m0/s1. The van der Waals surface area contributed by atoms with Crippen LogP contribution in [0.5, 0.6) is 0 Å². The number of nitrogens with two attached hydrogens (primary N) is 1. The second kappa shape index (κ2) is 42.3. The number of imide groups is 1. The van der Waals surface area contributed by atoms with Gasteiger partial charge in [0.25, 0.3) is 17.7 Å². The van der Waals surface area contributed by atoms with Crippen LogP contribution in [0, 0.1) is 47.3 Å². The number of carbonyl (C=O) groups is 12. The molecular formula is C79H117N11O15S. The minimum Gasteiger partial charge on any atom is -0.431 e. The average Bonchev–Trinajstić information content (AvgIpc) is 1.09. The number of Topliss-reactive ketones (excluding diaryl/α,β-unsaturated/α-hetero) is 3. The molecular weight excluding hydrogens is 1370 g/mol. The highest BCUT2D eigenvalue weighted by Crippen LogP contribution is 2.36. The second-order valence-corrected chi connectivity index (χ2v) is 31.0. The number of piperazine rings is 1. The third kappa shape index (κ3) is 24.6. The summed E-state index contributed by atoms with van der Waals surface area (Å²) in [6, 6.07) is 12.3. The third-order valence-electron chi connectivity index (χ3n) is 21.4. The molecule has 1 aromatic heterocycles. The van der Waals surface area contributed by atoms with Gasteiger partial charge in [0, 0.05) is 170 Å². The Hall–Kier alpha value is -8.27. The molecule has 10 amide bonds. The number of nitrogens with zero attached hydrogens (tertiary/aromatic N) is 7. The van der Waals surface area contributed by atoms with Gasteiger partial charge in [-0.2, -0.15) is 0 Å². The molecule has 12 atom stereocenters. The van der Waals surface area contributed by atoms with Gasteiger partial charge in [-0.1, -0.05) is 118 Å². The van der Waals surface area contributed by atoms with Crippen LogP contribution in [0.4, 0.5) is 15.3 Å². The molecule has 0 spiro atoms. The van der Waals surface area contributed by atoms with E-state index in [1.807, 2.05) is 77.4 Å². The van der Waals surface area contributed by atoms with Gasteiger partial charge in [-0.25, -0.2) is 14.6 Å². The largest absolute Gasteiger partial charge is 0.431 e. The lowest BCUT2D eigenvalue weighted by atomic mass is 9.80. The first-order valence-electron chi connectivity index (χ1n) is 37.8. The van der Waals surface area contributed by atoms with E-state index in [0.29, 0.717) is 77.7 Å². The lowest BCUT2D eigenvalue weighted by molar-refractivity contribution is -0.148. The quantitative estimate of drug-likeness (QED) is 0.0262. The molecule has 1 unspecified atom stereocenters. The molecule has 3 aliphatic rings. The Kier molecular flexibility index (Phi) is 34.6. The normalized spacial score (nSPS) is 17.9. The van der Waals surface area contributed by atoms with Crippen molar-refractivity contribution in [3.05, 3.63) is 94.5 Å². The first-order chi connectivity index (χ1) is 50.4. The zero-order valence-electron chi connectivity index (χ0n) is 64.5. The number of hydrogen-bond acceptors (Lipinski definition) is 18. The van der Waals surface area contributed by atoms with Crippen molar-refractivity contribution in [1.82, 2.24) is 45.0 Å². The number of primary amides is 1. The molecule has 2 fully saturated rings. The summed E-state index contributed by atoms with van der Waals surface area (Å²) in [6.07, 6.45) is 5.04. The molecule has 0 aliphatic carbocycles. The van der Waals surface area contributed by atoms with Gasteiger partial charge in [0.05, 0.1) is 35.7 Å². The van der Waals surface area contributed by atoms with E-state index in [1.165, 1.54) is 54.7 Å². The molecule has 26 nitrogen and oxygen atoms in total. The number of nitrogens with one attached hydrogen (secondary N) is 3. The number of urea groups is 1. The molecule has 0 saturated carbocycles. The Bertz CT molecular complexity index is 3440. The lowest BCUT2D eigenvalue weighted by Gasteiger charge is -2.41. The number of ether oxygens (including phenoxy) is 2. The lowest BCUT2D eigenvalue weighted by Crippen LogP contribution is -2.54. The van der Waals surface area contributed by atoms with E-state index in [2.05, 4.69) is 25.8 Å². The zero-order chi connectivity index (χ0) is 78.1. The van der Waals surface area contributed by atoms with Gasteiger partial charge in [0.1, 0.15) is 5.78 Å². The number of unbranched alkanes of at least 4 members (excludes halogenated alkanes) is 2. The Morgan fingerprint density at radius 2 is 1.43 bits per heavy atom. The summed E-state index contributed by atoms with van der Waals surface area (Å²) in [7, 11) is 6.54. The van der Waals surface area contributed by atoms with Crippen molar-refractivity contribution in [2.75, 3.05) is 86.0 Å². The van der Waals surface area contributed by atoms with E-state index in [0.717, 1.165) is 15.5 Å².